The third kappa shape index (κ3) is 1.57. The van der Waals surface area contributed by atoms with E-state index < -0.39 is 0 Å². The van der Waals surface area contributed by atoms with Crippen LogP contribution in [0.15, 0.2) is 42.0 Å². The van der Waals surface area contributed by atoms with Gasteiger partial charge in [-0.05, 0) is 54.0 Å². The number of hydrogen-bond donors (Lipinski definition) is 0. The zero-order chi connectivity index (χ0) is 14.9. The number of allylic oxidation sites excluding steroid dienone is 2. The van der Waals surface area contributed by atoms with Gasteiger partial charge in [0, 0.05) is 18.3 Å². The first kappa shape index (κ1) is 12.6. The Morgan fingerprint density at radius 2 is 2.00 bits per heavy atom. The maximum Gasteiger partial charge on any atom is 0.138 e. The molecule has 2 unspecified atom stereocenters. The zero-order valence-electron chi connectivity index (χ0n) is 13.0. The van der Waals surface area contributed by atoms with Crippen molar-refractivity contribution in [3.63, 3.8) is 0 Å². The topological polar surface area (TPSA) is 17.1 Å². The second kappa shape index (κ2) is 4.10. The Balaban J connectivity index is 1.78. The van der Waals surface area contributed by atoms with Crippen LogP contribution in [0.3, 0.4) is 0 Å². The molecule has 0 N–H and O–H groups in total. The first-order chi connectivity index (χ1) is 10.6. The number of benzene rings is 2. The molecule has 0 aliphatic heterocycles. The van der Waals surface area contributed by atoms with Crippen molar-refractivity contribution in [2.24, 2.45) is 5.92 Å². The van der Waals surface area contributed by atoms with E-state index >= 15 is 0 Å². The Bertz CT molecular complexity index is 858. The fourth-order valence-corrected chi connectivity index (χ4v) is 5.22. The molecule has 2 bridgehead atoms. The number of fused-ring (bicyclic) bond motifs is 6. The molecule has 1 spiro atoms. The van der Waals surface area contributed by atoms with Gasteiger partial charge in [0.2, 0.25) is 0 Å². The van der Waals surface area contributed by atoms with E-state index in [0.29, 0.717) is 18.1 Å². The smallest absolute Gasteiger partial charge is 0.138 e. The van der Waals surface area contributed by atoms with Gasteiger partial charge in [-0.1, -0.05) is 47.5 Å². The normalized spacial score (nSPS) is 29.2. The van der Waals surface area contributed by atoms with Crippen molar-refractivity contribution in [3.05, 3.63) is 58.7 Å². The Morgan fingerprint density at radius 3 is 2.77 bits per heavy atom. The van der Waals surface area contributed by atoms with Crippen molar-refractivity contribution in [1.29, 1.82) is 0 Å². The van der Waals surface area contributed by atoms with Crippen molar-refractivity contribution >= 4 is 16.6 Å². The van der Waals surface area contributed by atoms with Crippen LogP contribution in [-0.2, 0) is 16.6 Å². The number of carbonyl (C=O) groups is 1. The molecule has 3 aliphatic carbocycles. The zero-order valence-corrected chi connectivity index (χ0v) is 13.0. The summed E-state index contributed by atoms with van der Waals surface area (Å²) in [5, 5.41) is 2.61. The van der Waals surface area contributed by atoms with Crippen LogP contribution in [0.2, 0.25) is 0 Å². The van der Waals surface area contributed by atoms with Gasteiger partial charge in [0.25, 0.3) is 0 Å². The van der Waals surface area contributed by atoms with Gasteiger partial charge in [0.15, 0.2) is 0 Å². The lowest BCUT2D eigenvalue weighted by Crippen LogP contribution is -2.39. The van der Waals surface area contributed by atoms with Crippen molar-refractivity contribution in [2.75, 3.05) is 0 Å². The lowest BCUT2D eigenvalue weighted by atomic mass is 9.62. The standard InChI is InChI=1S/C21H20O/c1-13-2-4-15-10-20-17(8-16(15)6-13)9-19(22)12-21(20)11-14-3-5-18(21)7-14/h2-4,6,8,10,18H,5,7,9,11-12H2,1H3. The fraction of sp³-hybridized carbons (Fsp3) is 0.381. The van der Waals surface area contributed by atoms with E-state index in [2.05, 4.69) is 43.3 Å². The van der Waals surface area contributed by atoms with Gasteiger partial charge < -0.3 is 0 Å². The molecule has 22 heavy (non-hydrogen) atoms. The molecular weight excluding hydrogens is 268 g/mol. The molecule has 0 radical (unpaired) electrons. The van der Waals surface area contributed by atoms with Gasteiger partial charge >= 0.3 is 0 Å². The highest BCUT2D eigenvalue weighted by atomic mass is 16.1. The number of carbonyl (C=O) groups excluding carboxylic acids is 1. The van der Waals surface area contributed by atoms with Crippen molar-refractivity contribution in [3.8, 4) is 0 Å². The van der Waals surface area contributed by atoms with Crippen LogP contribution in [0.5, 0.6) is 0 Å². The Morgan fingerprint density at radius 1 is 1.09 bits per heavy atom. The van der Waals surface area contributed by atoms with E-state index in [4.69, 9.17) is 0 Å². The summed E-state index contributed by atoms with van der Waals surface area (Å²) in [4.78, 5) is 12.4. The molecule has 0 saturated heterocycles. The minimum absolute atomic E-state index is 0.119. The number of hydrogen-bond acceptors (Lipinski definition) is 1. The molecule has 2 atom stereocenters. The summed E-state index contributed by atoms with van der Waals surface area (Å²) in [6, 6.07) is 11.4. The van der Waals surface area contributed by atoms with Gasteiger partial charge in [-0.2, -0.15) is 0 Å². The van der Waals surface area contributed by atoms with Crippen LogP contribution in [0, 0.1) is 12.8 Å². The minimum Gasteiger partial charge on any atom is -0.299 e. The lowest BCUT2D eigenvalue weighted by Gasteiger charge is -2.41. The highest BCUT2D eigenvalue weighted by Crippen LogP contribution is 2.58. The third-order valence-corrected chi connectivity index (χ3v) is 6.18. The molecule has 3 aliphatic rings. The molecule has 0 amide bonds. The molecule has 5 rings (SSSR count). The van der Waals surface area contributed by atoms with Crippen LogP contribution in [0.25, 0.3) is 10.8 Å². The summed E-state index contributed by atoms with van der Waals surface area (Å²) in [5.74, 6) is 1.10. The fourth-order valence-electron chi connectivity index (χ4n) is 5.22. The van der Waals surface area contributed by atoms with Gasteiger partial charge in [-0.15, -0.1) is 0 Å². The molecule has 2 aromatic carbocycles. The summed E-state index contributed by atoms with van der Waals surface area (Å²) >= 11 is 0. The highest BCUT2D eigenvalue weighted by molar-refractivity contribution is 5.91. The maximum atomic E-state index is 12.4. The molecular formula is C21H20O. The van der Waals surface area contributed by atoms with Gasteiger partial charge in [0.1, 0.15) is 5.78 Å². The van der Waals surface area contributed by atoms with Gasteiger partial charge in [-0.3, -0.25) is 4.79 Å². The largest absolute Gasteiger partial charge is 0.299 e. The summed E-state index contributed by atoms with van der Waals surface area (Å²) in [6.07, 6.45) is 7.33. The maximum absolute atomic E-state index is 12.4. The number of ketones is 1. The summed E-state index contributed by atoms with van der Waals surface area (Å²) in [6.45, 7) is 2.13. The summed E-state index contributed by atoms with van der Waals surface area (Å²) in [7, 11) is 0. The second-order valence-electron chi connectivity index (χ2n) is 7.58. The van der Waals surface area contributed by atoms with E-state index in [1.54, 1.807) is 5.57 Å². The predicted molar refractivity (Wildman–Crippen MR) is 89.1 cm³/mol. The molecule has 1 saturated carbocycles. The predicted octanol–water partition coefficient (Wildman–Crippen LogP) is 4.64. The molecule has 0 heterocycles. The molecule has 0 aromatic heterocycles. The second-order valence-corrected chi connectivity index (χ2v) is 7.58. The van der Waals surface area contributed by atoms with E-state index in [9.17, 15) is 4.79 Å². The Kier molecular flexibility index (Phi) is 2.35. The van der Waals surface area contributed by atoms with Crippen molar-refractivity contribution < 1.29 is 4.79 Å². The monoisotopic (exact) mass is 288 g/mol. The molecule has 1 fully saturated rings. The Labute approximate surface area is 131 Å². The first-order valence-corrected chi connectivity index (χ1v) is 8.37. The van der Waals surface area contributed by atoms with E-state index in [0.717, 1.165) is 12.8 Å². The van der Waals surface area contributed by atoms with Crippen LogP contribution >= 0.6 is 0 Å². The van der Waals surface area contributed by atoms with E-state index in [1.165, 1.54) is 40.3 Å². The minimum atomic E-state index is 0.119. The number of Topliss-reactive ketones (excluding diaryl/α,β-unsaturated/α-hetero) is 1. The van der Waals surface area contributed by atoms with E-state index in [-0.39, 0.29) is 5.41 Å². The third-order valence-electron chi connectivity index (χ3n) is 6.18. The average Bonchev–Trinajstić information content (AvgIpc) is 3.06. The van der Waals surface area contributed by atoms with Crippen LogP contribution in [0.1, 0.15) is 42.4 Å². The van der Waals surface area contributed by atoms with Crippen LogP contribution in [-0.4, -0.2) is 5.78 Å². The SMILES string of the molecule is Cc1ccc2cc3c(cc2c1)CC(=O)CC31CC2=CCC1C2. The quantitative estimate of drug-likeness (QED) is 0.645. The average molecular weight is 288 g/mol. The molecule has 1 nitrogen and oxygen atoms in total. The Hall–Kier alpha value is -1.89. The van der Waals surface area contributed by atoms with Gasteiger partial charge in [0.05, 0.1) is 0 Å². The van der Waals surface area contributed by atoms with E-state index in [1.807, 2.05) is 0 Å². The first-order valence-electron chi connectivity index (χ1n) is 8.37. The van der Waals surface area contributed by atoms with Crippen molar-refractivity contribution in [2.45, 2.75) is 44.4 Å². The van der Waals surface area contributed by atoms with Crippen molar-refractivity contribution in [1.82, 2.24) is 0 Å². The molecule has 1 heteroatoms. The lowest BCUT2D eigenvalue weighted by molar-refractivity contribution is -0.120. The molecule has 2 aromatic rings. The highest BCUT2D eigenvalue weighted by Gasteiger charge is 2.51. The van der Waals surface area contributed by atoms with Gasteiger partial charge in [-0.25, -0.2) is 0 Å². The summed E-state index contributed by atoms with van der Waals surface area (Å²) in [5.41, 5.74) is 5.77. The molecule has 110 valence electrons. The number of rotatable bonds is 0. The van der Waals surface area contributed by atoms with Crippen LogP contribution < -0.4 is 0 Å². The number of aryl methyl sites for hydroxylation is 1. The van der Waals surface area contributed by atoms with Crippen LogP contribution in [0.4, 0.5) is 0 Å². The summed E-state index contributed by atoms with van der Waals surface area (Å²) < 4.78 is 0.